The van der Waals surface area contributed by atoms with Gasteiger partial charge in [-0.05, 0) is 18.1 Å². The first kappa shape index (κ1) is 10.7. The fraction of sp³-hybridized carbons (Fsp3) is 0.400. The van der Waals surface area contributed by atoms with E-state index in [4.69, 9.17) is 0 Å². The lowest BCUT2D eigenvalue weighted by atomic mass is 10.1. The summed E-state index contributed by atoms with van der Waals surface area (Å²) in [5, 5.41) is 1.64. The van der Waals surface area contributed by atoms with Gasteiger partial charge in [0.1, 0.15) is 0 Å². The Labute approximate surface area is 83.9 Å². The van der Waals surface area contributed by atoms with E-state index < -0.39 is 0 Å². The minimum Gasteiger partial charge on any atom is -0.289 e. The Kier molecular flexibility index (Phi) is 4.07. The van der Waals surface area contributed by atoms with E-state index in [0.717, 1.165) is 12.0 Å². The van der Waals surface area contributed by atoms with Gasteiger partial charge in [0.05, 0.1) is 0 Å². The summed E-state index contributed by atoms with van der Waals surface area (Å²) in [7, 11) is 3.59. The largest absolute Gasteiger partial charge is 0.289 e. The highest BCUT2D eigenvalue weighted by molar-refractivity contribution is 5.75. The Morgan fingerprint density at radius 3 is 2.93 bits per heavy atom. The van der Waals surface area contributed by atoms with E-state index in [1.807, 2.05) is 12.1 Å². The van der Waals surface area contributed by atoms with Crippen LogP contribution in [0.1, 0.15) is 12.0 Å². The third-order valence-electron chi connectivity index (χ3n) is 1.71. The monoisotopic (exact) mass is 193 g/mol. The van der Waals surface area contributed by atoms with E-state index in [2.05, 4.69) is 10.4 Å². The summed E-state index contributed by atoms with van der Waals surface area (Å²) < 4.78 is 0. The minimum atomic E-state index is 0.0267. The van der Waals surface area contributed by atoms with Gasteiger partial charge in [-0.25, -0.2) is 5.01 Å². The molecule has 1 rings (SSSR count). The predicted molar refractivity (Wildman–Crippen MR) is 54.4 cm³/mol. The van der Waals surface area contributed by atoms with E-state index in [1.165, 1.54) is 0 Å². The van der Waals surface area contributed by atoms with Gasteiger partial charge in [0.25, 0.3) is 0 Å². The van der Waals surface area contributed by atoms with Crippen LogP contribution in [0.4, 0.5) is 0 Å². The second-order valence-electron chi connectivity index (χ2n) is 3.29. The second-order valence-corrected chi connectivity index (χ2v) is 3.29. The minimum absolute atomic E-state index is 0.0267. The molecular formula is C10H15N3O. The smallest absolute Gasteiger partial charge is 0.234 e. The van der Waals surface area contributed by atoms with Crippen LogP contribution in [-0.2, 0) is 11.2 Å². The van der Waals surface area contributed by atoms with Gasteiger partial charge in [0.15, 0.2) is 0 Å². The lowest BCUT2D eigenvalue weighted by Crippen LogP contribution is -2.36. The molecule has 0 fully saturated rings. The number of carbonyl (C=O) groups excluding carboxylic acids is 1. The first-order chi connectivity index (χ1) is 6.68. The number of aryl methyl sites for hydroxylation is 1. The van der Waals surface area contributed by atoms with Crippen LogP contribution in [0, 0.1) is 0 Å². The maximum atomic E-state index is 11.3. The number of amides is 1. The van der Waals surface area contributed by atoms with Gasteiger partial charge in [-0.15, -0.1) is 0 Å². The Bertz CT molecular complexity index is 285. The third-order valence-corrected chi connectivity index (χ3v) is 1.71. The fourth-order valence-electron chi connectivity index (χ4n) is 1.11. The van der Waals surface area contributed by atoms with E-state index in [-0.39, 0.29) is 5.91 Å². The number of carbonyl (C=O) groups is 1. The summed E-state index contributed by atoms with van der Waals surface area (Å²) in [5.41, 5.74) is 3.77. The molecule has 0 aromatic carbocycles. The second kappa shape index (κ2) is 5.34. The van der Waals surface area contributed by atoms with E-state index in [0.29, 0.717) is 6.42 Å². The molecular weight excluding hydrogens is 178 g/mol. The van der Waals surface area contributed by atoms with E-state index in [1.54, 1.807) is 31.5 Å². The Morgan fingerprint density at radius 1 is 1.57 bits per heavy atom. The van der Waals surface area contributed by atoms with Crippen LogP contribution in [-0.4, -0.2) is 30.0 Å². The molecule has 1 aromatic rings. The molecule has 4 nitrogen and oxygen atoms in total. The molecule has 1 N–H and O–H groups in total. The topological polar surface area (TPSA) is 45.2 Å². The lowest BCUT2D eigenvalue weighted by molar-refractivity contribution is -0.124. The lowest BCUT2D eigenvalue weighted by Gasteiger charge is -2.11. The maximum absolute atomic E-state index is 11.3. The molecule has 0 bridgehead atoms. The molecule has 0 spiro atoms. The molecule has 1 heterocycles. The number of nitrogens with one attached hydrogen (secondary N) is 1. The molecule has 0 radical (unpaired) electrons. The molecule has 0 saturated carbocycles. The zero-order valence-electron chi connectivity index (χ0n) is 8.53. The van der Waals surface area contributed by atoms with Gasteiger partial charge in [-0.1, -0.05) is 6.07 Å². The molecule has 0 aliphatic heterocycles. The first-order valence-corrected chi connectivity index (χ1v) is 4.54. The molecule has 14 heavy (non-hydrogen) atoms. The zero-order chi connectivity index (χ0) is 10.4. The highest BCUT2D eigenvalue weighted by Gasteiger charge is 2.02. The SMILES string of the molecule is CN(C)NC(=O)CCc1cccnc1. The van der Waals surface area contributed by atoms with Crippen LogP contribution in [0.2, 0.25) is 0 Å². The van der Waals surface area contributed by atoms with Crippen molar-refractivity contribution in [2.24, 2.45) is 0 Å². The zero-order valence-corrected chi connectivity index (χ0v) is 8.53. The van der Waals surface area contributed by atoms with Crippen molar-refractivity contribution in [1.29, 1.82) is 0 Å². The van der Waals surface area contributed by atoms with E-state index in [9.17, 15) is 4.79 Å². The van der Waals surface area contributed by atoms with Crippen molar-refractivity contribution in [1.82, 2.24) is 15.4 Å². The van der Waals surface area contributed by atoms with Crippen molar-refractivity contribution in [3.63, 3.8) is 0 Å². The summed E-state index contributed by atoms with van der Waals surface area (Å²) in [6, 6.07) is 3.84. The van der Waals surface area contributed by atoms with Crippen molar-refractivity contribution < 1.29 is 4.79 Å². The Hall–Kier alpha value is -1.42. The number of aromatic nitrogens is 1. The van der Waals surface area contributed by atoms with Crippen molar-refractivity contribution in [3.05, 3.63) is 30.1 Å². The van der Waals surface area contributed by atoms with Gasteiger partial charge >= 0.3 is 0 Å². The summed E-state index contributed by atoms with van der Waals surface area (Å²) >= 11 is 0. The van der Waals surface area contributed by atoms with Crippen LogP contribution in [0.5, 0.6) is 0 Å². The number of hydrazine groups is 1. The maximum Gasteiger partial charge on any atom is 0.234 e. The summed E-state index contributed by atoms with van der Waals surface area (Å²) in [6.45, 7) is 0. The first-order valence-electron chi connectivity index (χ1n) is 4.54. The number of hydrogen-bond donors (Lipinski definition) is 1. The number of pyridine rings is 1. The van der Waals surface area contributed by atoms with Crippen LogP contribution in [0.3, 0.4) is 0 Å². The molecule has 1 amide bonds. The van der Waals surface area contributed by atoms with Crippen molar-refractivity contribution in [2.75, 3.05) is 14.1 Å². The summed E-state index contributed by atoms with van der Waals surface area (Å²) in [6.07, 6.45) is 4.73. The highest BCUT2D eigenvalue weighted by Crippen LogP contribution is 1.99. The highest BCUT2D eigenvalue weighted by atomic mass is 16.2. The summed E-state index contributed by atoms with van der Waals surface area (Å²) in [5.74, 6) is 0.0267. The standard InChI is InChI=1S/C10H15N3O/c1-13(2)12-10(14)6-5-9-4-3-7-11-8-9/h3-4,7-8H,5-6H2,1-2H3,(H,12,14). The van der Waals surface area contributed by atoms with Crippen molar-refractivity contribution in [3.8, 4) is 0 Å². The number of rotatable bonds is 4. The van der Waals surface area contributed by atoms with Crippen molar-refractivity contribution >= 4 is 5.91 Å². The predicted octanol–water partition coefficient (Wildman–Crippen LogP) is 0.607. The molecule has 4 heteroatoms. The molecule has 1 aromatic heterocycles. The fourth-order valence-corrected chi connectivity index (χ4v) is 1.11. The molecule has 0 aliphatic carbocycles. The van der Waals surface area contributed by atoms with Crippen molar-refractivity contribution in [2.45, 2.75) is 12.8 Å². The van der Waals surface area contributed by atoms with Crippen LogP contribution in [0.15, 0.2) is 24.5 Å². The van der Waals surface area contributed by atoms with E-state index >= 15 is 0 Å². The Balaban J connectivity index is 2.31. The van der Waals surface area contributed by atoms with Gasteiger partial charge in [-0.2, -0.15) is 0 Å². The molecule has 0 atom stereocenters. The average Bonchev–Trinajstić information content (AvgIpc) is 2.15. The summed E-state index contributed by atoms with van der Waals surface area (Å²) in [4.78, 5) is 15.2. The Morgan fingerprint density at radius 2 is 2.36 bits per heavy atom. The molecule has 0 unspecified atom stereocenters. The molecule has 0 saturated heterocycles. The van der Waals surface area contributed by atoms with Gasteiger partial charge in [0, 0.05) is 32.9 Å². The number of hydrogen-bond acceptors (Lipinski definition) is 3. The van der Waals surface area contributed by atoms with Gasteiger partial charge < -0.3 is 0 Å². The van der Waals surface area contributed by atoms with Crippen LogP contribution in [0.25, 0.3) is 0 Å². The quantitative estimate of drug-likeness (QED) is 0.712. The molecule has 76 valence electrons. The third kappa shape index (κ3) is 4.00. The normalized spacial score (nSPS) is 10.2. The van der Waals surface area contributed by atoms with Crippen LogP contribution >= 0.6 is 0 Å². The van der Waals surface area contributed by atoms with Gasteiger partial charge in [-0.3, -0.25) is 15.2 Å². The average molecular weight is 193 g/mol. The molecule has 0 aliphatic rings. The number of nitrogens with zero attached hydrogens (tertiary/aromatic N) is 2. The van der Waals surface area contributed by atoms with Gasteiger partial charge in [0.2, 0.25) is 5.91 Å². The van der Waals surface area contributed by atoms with Crippen LogP contribution < -0.4 is 5.43 Å².